The number of hydrogen-bond donors (Lipinski definition) is 0. The zero-order valence-electron chi connectivity index (χ0n) is 12.5. The van der Waals surface area contributed by atoms with Crippen molar-refractivity contribution in [2.45, 2.75) is 16.6 Å². The number of benzene rings is 2. The quantitative estimate of drug-likeness (QED) is 0.760. The number of rotatable bonds is 6. The van der Waals surface area contributed by atoms with Crippen LogP contribution in [-0.2, 0) is 4.79 Å². The molecule has 2 rings (SSSR count). The molecule has 0 aliphatic heterocycles. The third kappa shape index (κ3) is 4.37. The second-order valence-corrected chi connectivity index (χ2v) is 6.07. The fourth-order valence-electron chi connectivity index (χ4n) is 2.05. The van der Waals surface area contributed by atoms with Crippen LogP contribution in [0.5, 0.6) is 0 Å². The molecule has 0 saturated heterocycles. The van der Waals surface area contributed by atoms with Crippen molar-refractivity contribution < 1.29 is 4.79 Å². The van der Waals surface area contributed by atoms with Gasteiger partial charge in [-0.1, -0.05) is 48.5 Å². The Balaban J connectivity index is 2.22. The molecule has 2 aromatic carbocycles. The summed E-state index contributed by atoms with van der Waals surface area (Å²) in [6, 6.07) is 21.7. The van der Waals surface area contributed by atoms with Crippen molar-refractivity contribution in [3.8, 4) is 6.07 Å². The highest BCUT2D eigenvalue weighted by Crippen LogP contribution is 2.36. The van der Waals surface area contributed by atoms with Crippen molar-refractivity contribution in [1.29, 1.82) is 5.26 Å². The Morgan fingerprint density at radius 1 is 1.14 bits per heavy atom. The van der Waals surface area contributed by atoms with Crippen LogP contribution >= 0.6 is 11.8 Å². The molecular weight excluding hydrogens is 292 g/mol. The van der Waals surface area contributed by atoms with Crippen molar-refractivity contribution in [1.82, 2.24) is 4.90 Å². The Morgan fingerprint density at radius 2 is 1.73 bits per heavy atom. The third-order valence-corrected chi connectivity index (χ3v) is 4.51. The Labute approximate surface area is 135 Å². The molecule has 3 nitrogen and oxygen atoms in total. The summed E-state index contributed by atoms with van der Waals surface area (Å²) in [6.45, 7) is 0.452. The van der Waals surface area contributed by atoms with E-state index in [-0.39, 0.29) is 11.2 Å². The molecule has 1 amide bonds. The summed E-state index contributed by atoms with van der Waals surface area (Å²) >= 11 is 1.54. The summed E-state index contributed by atoms with van der Waals surface area (Å²) in [4.78, 5) is 15.4. The molecule has 1 unspecified atom stereocenters. The van der Waals surface area contributed by atoms with E-state index in [0.29, 0.717) is 13.0 Å². The molecule has 0 heterocycles. The van der Waals surface area contributed by atoms with Crippen LogP contribution in [0.4, 0.5) is 0 Å². The van der Waals surface area contributed by atoms with E-state index in [1.54, 1.807) is 11.9 Å². The van der Waals surface area contributed by atoms with Crippen LogP contribution < -0.4 is 0 Å². The van der Waals surface area contributed by atoms with Crippen LogP contribution in [0.2, 0.25) is 0 Å². The van der Waals surface area contributed by atoms with Crippen LogP contribution in [-0.4, -0.2) is 24.4 Å². The lowest BCUT2D eigenvalue weighted by Gasteiger charge is -2.23. The number of likely N-dealkylation sites (N-methyl/N-ethyl adjacent to an activating group) is 1. The molecule has 22 heavy (non-hydrogen) atoms. The number of thioether (sulfide) groups is 1. The van der Waals surface area contributed by atoms with Crippen molar-refractivity contribution >= 4 is 17.7 Å². The molecule has 0 fully saturated rings. The summed E-state index contributed by atoms with van der Waals surface area (Å²) in [5.74, 6) is 0.0234. The van der Waals surface area contributed by atoms with E-state index in [2.05, 4.69) is 6.07 Å². The highest BCUT2D eigenvalue weighted by Gasteiger charge is 2.24. The SMILES string of the molecule is CN(CCC#N)C(=O)C(Sc1ccccc1)c1ccccc1. The first-order valence-corrected chi connectivity index (χ1v) is 7.99. The van der Waals surface area contributed by atoms with Gasteiger partial charge in [0.15, 0.2) is 0 Å². The molecule has 4 heteroatoms. The minimum atomic E-state index is -0.299. The van der Waals surface area contributed by atoms with Crippen LogP contribution in [0, 0.1) is 11.3 Å². The molecule has 0 aliphatic carbocycles. The molecule has 0 saturated carbocycles. The largest absolute Gasteiger partial charge is 0.343 e. The van der Waals surface area contributed by atoms with E-state index in [9.17, 15) is 4.79 Å². The van der Waals surface area contributed by atoms with Gasteiger partial charge in [0.2, 0.25) is 5.91 Å². The number of hydrogen-bond acceptors (Lipinski definition) is 3. The number of carbonyl (C=O) groups excluding carboxylic acids is 1. The Hall–Kier alpha value is -2.25. The normalized spacial score (nSPS) is 11.5. The number of carbonyl (C=O) groups is 1. The van der Waals surface area contributed by atoms with E-state index >= 15 is 0 Å². The maximum Gasteiger partial charge on any atom is 0.240 e. The summed E-state index contributed by atoms with van der Waals surface area (Å²) in [7, 11) is 1.75. The molecule has 0 N–H and O–H groups in total. The third-order valence-electron chi connectivity index (χ3n) is 3.26. The number of nitrogens with zero attached hydrogens (tertiary/aromatic N) is 2. The molecule has 0 spiro atoms. The fourth-order valence-corrected chi connectivity index (χ4v) is 3.21. The Morgan fingerprint density at radius 3 is 2.32 bits per heavy atom. The Kier molecular flexibility index (Phi) is 6.05. The van der Waals surface area contributed by atoms with Crippen LogP contribution in [0.3, 0.4) is 0 Å². The zero-order valence-corrected chi connectivity index (χ0v) is 13.3. The highest BCUT2D eigenvalue weighted by molar-refractivity contribution is 8.00. The van der Waals surface area contributed by atoms with Crippen molar-refractivity contribution in [2.75, 3.05) is 13.6 Å². The van der Waals surface area contributed by atoms with Gasteiger partial charge in [-0.3, -0.25) is 4.79 Å². The lowest BCUT2D eigenvalue weighted by Crippen LogP contribution is -2.31. The fraction of sp³-hybridized carbons (Fsp3) is 0.222. The average molecular weight is 310 g/mol. The van der Waals surface area contributed by atoms with Crippen molar-refractivity contribution in [3.63, 3.8) is 0 Å². The number of nitriles is 1. The molecule has 1 atom stereocenters. The van der Waals surface area contributed by atoms with Crippen LogP contribution in [0.25, 0.3) is 0 Å². The monoisotopic (exact) mass is 310 g/mol. The topological polar surface area (TPSA) is 44.1 Å². The van der Waals surface area contributed by atoms with Gasteiger partial charge in [0.1, 0.15) is 5.25 Å². The molecular formula is C18H18N2OS. The summed E-state index contributed by atoms with van der Waals surface area (Å²) in [6.07, 6.45) is 0.347. The maximum atomic E-state index is 12.7. The standard InChI is InChI=1S/C18H18N2OS/c1-20(14-8-13-19)18(21)17(15-9-4-2-5-10-15)22-16-11-6-3-7-12-16/h2-7,9-12,17H,8,14H2,1H3. The predicted molar refractivity (Wildman–Crippen MR) is 89.3 cm³/mol. The smallest absolute Gasteiger partial charge is 0.240 e. The molecule has 0 bridgehead atoms. The maximum absolute atomic E-state index is 12.7. The minimum absolute atomic E-state index is 0.0234. The van der Waals surface area contributed by atoms with Gasteiger partial charge in [0.05, 0.1) is 12.5 Å². The van der Waals surface area contributed by atoms with Gasteiger partial charge in [0, 0.05) is 18.5 Å². The van der Waals surface area contributed by atoms with E-state index < -0.39 is 0 Å². The van der Waals surface area contributed by atoms with Gasteiger partial charge in [-0.05, 0) is 17.7 Å². The van der Waals surface area contributed by atoms with Gasteiger partial charge >= 0.3 is 0 Å². The Bertz CT molecular complexity index is 637. The first kappa shape index (κ1) is 16.1. The first-order chi connectivity index (χ1) is 10.7. The van der Waals surface area contributed by atoms with E-state index in [0.717, 1.165) is 10.5 Å². The van der Waals surface area contributed by atoms with Crippen molar-refractivity contribution in [3.05, 3.63) is 66.2 Å². The lowest BCUT2D eigenvalue weighted by molar-refractivity contribution is -0.129. The van der Waals surface area contributed by atoms with Gasteiger partial charge < -0.3 is 4.90 Å². The van der Waals surface area contributed by atoms with Crippen LogP contribution in [0.1, 0.15) is 17.2 Å². The van der Waals surface area contributed by atoms with Gasteiger partial charge in [0.25, 0.3) is 0 Å². The predicted octanol–water partition coefficient (Wildman–Crippen LogP) is 3.89. The van der Waals surface area contributed by atoms with Gasteiger partial charge in [-0.15, -0.1) is 11.8 Å². The first-order valence-electron chi connectivity index (χ1n) is 7.11. The molecule has 112 valence electrons. The summed E-state index contributed by atoms with van der Waals surface area (Å²) in [5.41, 5.74) is 0.977. The van der Waals surface area contributed by atoms with Gasteiger partial charge in [-0.2, -0.15) is 5.26 Å². The van der Waals surface area contributed by atoms with Crippen LogP contribution in [0.15, 0.2) is 65.6 Å². The second-order valence-electron chi connectivity index (χ2n) is 4.89. The van der Waals surface area contributed by atoms with E-state index in [1.807, 2.05) is 60.7 Å². The molecule has 2 aromatic rings. The molecule has 0 aliphatic rings. The summed E-state index contributed by atoms with van der Waals surface area (Å²) in [5, 5.41) is 8.40. The second kappa shape index (κ2) is 8.26. The van der Waals surface area contributed by atoms with Crippen molar-refractivity contribution in [2.24, 2.45) is 0 Å². The van der Waals surface area contributed by atoms with Gasteiger partial charge in [-0.25, -0.2) is 0 Å². The number of amides is 1. The highest BCUT2D eigenvalue weighted by atomic mass is 32.2. The average Bonchev–Trinajstić information content (AvgIpc) is 2.58. The molecule has 0 radical (unpaired) electrons. The van der Waals surface area contributed by atoms with E-state index in [1.165, 1.54) is 11.8 Å². The minimum Gasteiger partial charge on any atom is -0.343 e. The molecule has 0 aromatic heterocycles. The summed E-state index contributed by atoms with van der Waals surface area (Å²) < 4.78 is 0. The van der Waals surface area contributed by atoms with E-state index in [4.69, 9.17) is 5.26 Å². The lowest BCUT2D eigenvalue weighted by atomic mass is 10.1. The zero-order chi connectivity index (χ0) is 15.8.